The van der Waals surface area contributed by atoms with Crippen molar-refractivity contribution < 1.29 is 18.7 Å². The summed E-state index contributed by atoms with van der Waals surface area (Å²) < 4.78 is 24.0. The molecule has 0 radical (unpaired) electrons. The molecule has 2 atom stereocenters. The van der Waals surface area contributed by atoms with Crippen molar-refractivity contribution >= 4 is 18.4 Å². The number of carboxylic acids is 1. The Kier molecular flexibility index (Phi) is 6.66. The van der Waals surface area contributed by atoms with E-state index in [4.69, 9.17) is 5.11 Å². The summed E-state index contributed by atoms with van der Waals surface area (Å²) >= 11 is 0. The molecule has 0 saturated heterocycles. The van der Waals surface area contributed by atoms with Crippen LogP contribution in [0.4, 0.5) is 8.78 Å². The summed E-state index contributed by atoms with van der Waals surface area (Å²) in [5, 5.41) is 7.87. The van der Waals surface area contributed by atoms with Gasteiger partial charge in [-0.05, 0) is 6.42 Å². The highest BCUT2D eigenvalue weighted by molar-refractivity contribution is 5.85. The largest absolute Gasteiger partial charge is 0.479 e. The van der Waals surface area contributed by atoms with Gasteiger partial charge in [-0.25, -0.2) is 13.6 Å². The van der Waals surface area contributed by atoms with Crippen LogP contribution in [0.3, 0.4) is 0 Å². The number of alkyl halides is 2. The van der Waals surface area contributed by atoms with Crippen molar-refractivity contribution in [3.05, 3.63) is 0 Å². The van der Waals surface area contributed by atoms with Crippen LogP contribution < -0.4 is 0 Å². The first-order valence-electron chi connectivity index (χ1n) is 2.60. The van der Waals surface area contributed by atoms with Gasteiger partial charge >= 0.3 is 5.97 Å². The van der Waals surface area contributed by atoms with E-state index in [0.717, 1.165) is 0 Å². The van der Waals surface area contributed by atoms with Gasteiger partial charge in [-0.3, -0.25) is 0 Å². The molecule has 2 unspecified atom stereocenters. The summed E-state index contributed by atoms with van der Waals surface area (Å²) in [4.78, 5) is 9.68. The third-order valence-corrected chi connectivity index (χ3v) is 0.943. The normalized spacial score (nSPS) is 15.1. The lowest BCUT2D eigenvalue weighted by atomic mass is 10.2. The topological polar surface area (TPSA) is 37.3 Å². The Labute approximate surface area is 63.6 Å². The highest BCUT2D eigenvalue weighted by Crippen LogP contribution is 2.07. The molecule has 0 aromatic heterocycles. The lowest BCUT2D eigenvalue weighted by Crippen LogP contribution is -2.25. The maximum absolute atomic E-state index is 12.0. The Morgan fingerprint density at radius 1 is 1.60 bits per heavy atom. The second-order valence-corrected chi connectivity index (χ2v) is 1.66. The van der Waals surface area contributed by atoms with Crippen molar-refractivity contribution in [2.45, 2.75) is 25.7 Å². The first kappa shape index (κ1) is 12.3. The average molecular weight is 175 g/mol. The van der Waals surface area contributed by atoms with Crippen LogP contribution >= 0.6 is 12.4 Å². The fraction of sp³-hybridized carbons (Fsp3) is 0.800. The van der Waals surface area contributed by atoms with E-state index in [2.05, 4.69) is 0 Å². The molecule has 10 heavy (non-hydrogen) atoms. The van der Waals surface area contributed by atoms with Gasteiger partial charge in [-0.2, -0.15) is 0 Å². The molecule has 0 amide bonds. The Balaban J connectivity index is 0. The zero-order chi connectivity index (χ0) is 7.44. The summed E-state index contributed by atoms with van der Waals surface area (Å²) in [5.74, 6) is -1.73. The molecule has 1 N–H and O–H groups in total. The Bertz CT molecular complexity index is 110. The highest BCUT2D eigenvalue weighted by atomic mass is 35.5. The Morgan fingerprint density at radius 3 is 2.10 bits per heavy atom. The molecular weight excluding hydrogens is 166 g/mol. The standard InChI is InChI=1S/C5H8F2O2.ClH/c1-2-3(6)4(7)5(8)9;/h3-4H,2H2,1H3,(H,8,9);1H. The smallest absolute Gasteiger partial charge is 0.341 e. The van der Waals surface area contributed by atoms with Crippen LogP contribution in [0.25, 0.3) is 0 Å². The molecule has 0 fully saturated rings. The van der Waals surface area contributed by atoms with E-state index in [0.29, 0.717) is 0 Å². The van der Waals surface area contributed by atoms with Gasteiger partial charge in [-0.15, -0.1) is 12.4 Å². The van der Waals surface area contributed by atoms with Crippen molar-refractivity contribution in [1.82, 2.24) is 0 Å². The quantitative estimate of drug-likeness (QED) is 0.706. The summed E-state index contributed by atoms with van der Waals surface area (Å²) in [6.45, 7) is 1.39. The summed E-state index contributed by atoms with van der Waals surface area (Å²) in [5.41, 5.74) is 0. The minimum Gasteiger partial charge on any atom is -0.479 e. The van der Waals surface area contributed by atoms with Crippen molar-refractivity contribution in [2.75, 3.05) is 0 Å². The molecule has 0 aromatic rings. The predicted molar refractivity (Wildman–Crippen MR) is 35.0 cm³/mol. The van der Waals surface area contributed by atoms with Crippen LogP contribution in [0.1, 0.15) is 13.3 Å². The molecule has 62 valence electrons. The van der Waals surface area contributed by atoms with Gasteiger partial charge in [0.25, 0.3) is 0 Å². The van der Waals surface area contributed by atoms with E-state index in [1.807, 2.05) is 0 Å². The van der Waals surface area contributed by atoms with Crippen LogP contribution in [-0.2, 0) is 4.79 Å². The fourth-order valence-corrected chi connectivity index (χ4v) is 0.362. The molecule has 0 aromatic carbocycles. The number of rotatable bonds is 3. The molecule has 0 saturated carbocycles. The number of halogens is 3. The lowest BCUT2D eigenvalue weighted by molar-refractivity contribution is -0.145. The number of carboxylic acid groups (broad SMARTS) is 1. The first-order valence-corrected chi connectivity index (χ1v) is 2.60. The first-order chi connectivity index (χ1) is 4.09. The molecule has 0 rings (SSSR count). The minimum atomic E-state index is -2.37. The van der Waals surface area contributed by atoms with E-state index in [-0.39, 0.29) is 18.8 Å². The van der Waals surface area contributed by atoms with Gasteiger partial charge in [0.2, 0.25) is 6.17 Å². The zero-order valence-electron chi connectivity index (χ0n) is 5.38. The van der Waals surface area contributed by atoms with Crippen LogP contribution in [0.15, 0.2) is 0 Å². The lowest BCUT2D eigenvalue weighted by Gasteiger charge is -2.04. The third kappa shape index (κ3) is 3.61. The molecule has 0 bridgehead atoms. The van der Waals surface area contributed by atoms with Gasteiger partial charge in [0, 0.05) is 0 Å². The second kappa shape index (κ2) is 5.41. The summed E-state index contributed by atoms with van der Waals surface area (Å²) in [6, 6.07) is 0. The monoisotopic (exact) mass is 174 g/mol. The van der Waals surface area contributed by atoms with Crippen molar-refractivity contribution in [3.63, 3.8) is 0 Å². The molecule has 0 heterocycles. The van der Waals surface area contributed by atoms with Crippen molar-refractivity contribution in [1.29, 1.82) is 0 Å². The van der Waals surface area contributed by atoms with Crippen LogP contribution in [0, 0.1) is 0 Å². The average Bonchev–Trinajstić information content (AvgIpc) is 1.84. The van der Waals surface area contributed by atoms with Crippen molar-refractivity contribution in [3.8, 4) is 0 Å². The highest BCUT2D eigenvalue weighted by Gasteiger charge is 2.25. The van der Waals surface area contributed by atoms with Crippen molar-refractivity contribution in [2.24, 2.45) is 0 Å². The molecule has 0 aliphatic heterocycles. The fourth-order valence-electron chi connectivity index (χ4n) is 0.362. The molecule has 0 aliphatic carbocycles. The van der Waals surface area contributed by atoms with Gasteiger partial charge in [-0.1, -0.05) is 6.92 Å². The third-order valence-electron chi connectivity index (χ3n) is 0.943. The van der Waals surface area contributed by atoms with Gasteiger partial charge < -0.3 is 5.11 Å². The van der Waals surface area contributed by atoms with Crippen LogP contribution in [-0.4, -0.2) is 23.4 Å². The number of carbonyl (C=O) groups is 1. The molecule has 0 aliphatic rings. The number of hydrogen-bond donors (Lipinski definition) is 1. The van der Waals surface area contributed by atoms with Gasteiger partial charge in [0.05, 0.1) is 0 Å². The van der Waals surface area contributed by atoms with E-state index in [1.54, 1.807) is 0 Å². The Hall–Kier alpha value is -0.380. The van der Waals surface area contributed by atoms with E-state index >= 15 is 0 Å². The molecular formula is C5H9ClF2O2. The summed E-state index contributed by atoms with van der Waals surface area (Å²) in [6.07, 6.45) is -4.34. The number of hydrogen-bond acceptors (Lipinski definition) is 1. The van der Waals surface area contributed by atoms with Crippen LogP contribution in [0.5, 0.6) is 0 Å². The second-order valence-electron chi connectivity index (χ2n) is 1.66. The predicted octanol–water partition coefficient (Wildman–Crippen LogP) is 1.58. The van der Waals surface area contributed by atoms with E-state index < -0.39 is 18.3 Å². The van der Waals surface area contributed by atoms with E-state index in [9.17, 15) is 13.6 Å². The molecule has 5 heteroatoms. The van der Waals surface area contributed by atoms with E-state index in [1.165, 1.54) is 6.92 Å². The summed E-state index contributed by atoms with van der Waals surface area (Å²) in [7, 11) is 0. The SMILES string of the molecule is CCC(F)C(F)C(=O)O.Cl. The van der Waals surface area contributed by atoms with Gasteiger partial charge in [0.1, 0.15) is 6.17 Å². The zero-order valence-corrected chi connectivity index (χ0v) is 6.20. The van der Waals surface area contributed by atoms with Gasteiger partial charge in [0.15, 0.2) is 0 Å². The maximum Gasteiger partial charge on any atom is 0.341 e. The Morgan fingerprint density at radius 2 is 2.00 bits per heavy atom. The minimum absolute atomic E-state index is 0. The number of aliphatic carboxylic acids is 1. The van der Waals surface area contributed by atoms with Crippen LogP contribution in [0.2, 0.25) is 0 Å². The molecule has 2 nitrogen and oxygen atoms in total. The maximum atomic E-state index is 12.0. The molecule has 0 spiro atoms.